The van der Waals surface area contributed by atoms with Crippen LogP contribution in [0.2, 0.25) is 10.0 Å². The molecule has 0 saturated carbocycles. The average Bonchev–Trinajstić information content (AvgIpc) is 2.45. The Kier molecular flexibility index (Phi) is 4.83. The third-order valence-corrected chi connectivity index (χ3v) is 3.08. The zero-order chi connectivity index (χ0) is 14.4. The third kappa shape index (κ3) is 3.64. The predicted octanol–water partition coefficient (Wildman–Crippen LogP) is 4.13. The number of rotatable bonds is 2. The van der Waals surface area contributed by atoms with E-state index in [2.05, 4.69) is 10.3 Å². The molecule has 0 bridgehead atoms. The van der Waals surface area contributed by atoms with Gasteiger partial charge in [0.2, 0.25) is 0 Å². The second-order valence-electron chi connectivity index (χ2n) is 3.64. The van der Waals surface area contributed by atoms with Crippen molar-refractivity contribution in [2.24, 2.45) is 4.99 Å². The molecular formula is C14H9Cl2N3O. The summed E-state index contributed by atoms with van der Waals surface area (Å²) >= 11 is 11.9. The van der Waals surface area contributed by atoms with E-state index in [1.165, 1.54) is 0 Å². The summed E-state index contributed by atoms with van der Waals surface area (Å²) < 4.78 is 5.47. The highest BCUT2D eigenvalue weighted by Gasteiger charge is 2.07. The van der Waals surface area contributed by atoms with Crippen molar-refractivity contribution in [2.45, 2.75) is 0 Å². The molecule has 0 unspecified atom stereocenters. The lowest BCUT2D eigenvalue weighted by Crippen LogP contribution is -2.24. The number of aliphatic imine (C=N–C) groups is 1. The summed E-state index contributed by atoms with van der Waals surface area (Å²) in [6, 6.07) is 14.0. The van der Waals surface area contributed by atoms with Gasteiger partial charge < -0.3 is 4.74 Å². The lowest BCUT2D eigenvalue weighted by molar-refractivity contribution is 0.531. The van der Waals surface area contributed by atoms with Gasteiger partial charge in [0.1, 0.15) is 5.75 Å². The maximum atomic E-state index is 8.74. The van der Waals surface area contributed by atoms with Crippen LogP contribution in [0.3, 0.4) is 0 Å². The standard InChI is InChI=1S/C14H9Cl2N3O/c15-11-7-4-8-12(13(11)16)19-14(18-9-17)20-10-5-2-1-3-6-10/h1-8H,(H,18,19). The van der Waals surface area contributed by atoms with Gasteiger partial charge in [-0.05, 0) is 24.3 Å². The Morgan fingerprint density at radius 3 is 2.55 bits per heavy atom. The summed E-state index contributed by atoms with van der Waals surface area (Å²) in [6.07, 6.45) is 1.76. The number of halogens is 2. The maximum Gasteiger partial charge on any atom is 0.309 e. The number of amidine groups is 1. The highest BCUT2D eigenvalue weighted by atomic mass is 35.5. The van der Waals surface area contributed by atoms with Gasteiger partial charge in [-0.3, -0.25) is 0 Å². The van der Waals surface area contributed by atoms with Gasteiger partial charge in [-0.2, -0.15) is 10.3 Å². The quantitative estimate of drug-likeness (QED) is 0.393. The average molecular weight is 306 g/mol. The van der Waals surface area contributed by atoms with E-state index in [9.17, 15) is 0 Å². The molecule has 20 heavy (non-hydrogen) atoms. The summed E-state index contributed by atoms with van der Waals surface area (Å²) in [5.41, 5.74) is 0.410. The predicted molar refractivity (Wildman–Crippen MR) is 79.4 cm³/mol. The van der Waals surface area contributed by atoms with Crippen molar-refractivity contribution in [3.8, 4) is 11.9 Å². The van der Waals surface area contributed by atoms with Gasteiger partial charge in [-0.1, -0.05) is 47.5 Å². The topological polar surface area (TPSA) is 57.4 Å². The largest absolute Gasteiger partial charge is 0.425 e. The number of nitriles is 1. The van der Waals surface area contributed by atoms with Gasteiger partial charge in [-0.15, -0.1) is 0 Å². The molecule has 0 aromatic heterocycles. The molecule has 2 rings (SSSR count). The van der Waals surface area contributed by atoms with Crippen LogP contribution >= 0.6 is 23.2 Å². The number of nitrogens with zero attached hydrogens (tertiary/aromatic N) is 2. The van der Waals surface area contributed by atoms with Crippen molar-refractivity contribution in [3.05, 3.63) is 58.6 Å². The van der Waals surface area contributed by atoms with E-state index < -0.39 is 0 Å². The molecule has 0 radical (unpaired) electrons. The fourth-order valence-corrected chi connectivity index (χ4v) is 1.75. The van der Waals surface area contributed by atoms with Crippen molar-refractivity contribution in [1.29, 1.82) is 5.26 Å². The molecule has 6 heteroatoms. The van der Waals surface area contributed by atoms with Crippen molar-refractivity contribution in [3.63, 3.8) is 0 Å². The molecule has 4 nitrogen and oxygen atoms in total. The Bertz CT molecular complexity index is 666. The van der Waals surface area contributed by atoms with Crippen LogP contribution in [0.4, 0.5) is 5.69 Å². The normalized spacial score (nSPS) is 10.8. The number of benzene rings is 2. The molecule has 2 aromatic carbocycles. The molecule has 1 N–H and O–H groups in total. The zero-order valence-corrected chi connectivity index (χ0v) is 11.7. The van der Waals surface area contributed by atoms with Crippen LogP contribution in [0.5, 0.6) is 5.75 Å². The first-order valence-electron chi connectivity index (χ1n) is 5.61. The Hall–Kier alpha value is -2.22. The maximum absolute atomic E-state index is 8.74. The van der Waals surface area contributed by atoms with E-state index in [4.69, 9.17) is 33.2 Å². The summed E-state index contributed by atoms with van der Waals surface area (Å²) in [5.74, 6) is 0.548. The molecule has 0 aliphatic rings. The van der Waals surface area contributed by atoms with Crippen molar-refractivity contribution >= 4 is 34.9 Å². The van der Waals surface area contributed by atoms with Crippen molar-refractivity contribution in [1.82, 2.24) is 5.32 Å². The Morgan fingerprint density at radius 1 is 1.10 bits per heavy atom. The fraction of sp³-hybridized carbons (Fsp3) is 0. The van der Waals surface area contributed by atoms with E-state index in [1.807, 2.05) is 18.2 Å². The SMILES string of the molecule is N#CNC(=Nc1cccc(Cl)c1Cl)Oc1ccccc1. The Morgan fingerprint density at radius 2 is 1.85 bits per heavy atom. The molecule has 0 saturated heterocycles. The molecule has 0 atom stereocenters. The molecule has 0 spiro atoms. The zero-order valence-electron chi connectivity index (χ0n) is 10.2. The van der Waals surface area contributed by atoms with E-state index in [1.54, 1.807) is 36.5 Å². The number of hydrogen-bond acceptors (Lipinski definition) is 3. The third-order valence-electron chi connectivity index (χ3n) is 2.27. The lowest BCUT2D eigenvalue weighted by Gasteiger charge is -2.07. The Labute approximate surface area is 126 Å². The summed E-state index contributed by atoms with van der Waals surface area (Å²) in [4.78, 5) is 4.15. The van der Waals surface area contributed by atoms with E-state index in [0.29, 0.717) is 21.5 Å². The van der Waals surface area contributed by atoms with Crippen LogP contribution < -0.4 is 10.1 Å². The second-order valence-corrected chi connectivity index (χ2v) is 4.43. The molecule has 100 valence electrons. The molecule has 0 fully saturated rings. The van der Waals surface area contributed by atoms with Gasteiger partial charge >= 0.3 is 6.02 Å². The van der Waals surface area contributed by atoms with Gasteiger partial charge in [0.15, 0.2) is 6.19 Å². The first kappa shape index (κ1) is 14.2. The number of nitrogens with one attached hydrogen (secondary N) is 1. The van der Waals surface area contributed by atoms with Crippen LogP contribution in [-0.2, 0) is 0 Å². The summed E-state index contributed by atoms with van der Waals surface area (Å²) in [6.45, 7) is 0. The van der Waals surface area contributed by atoms with Gasteiger partial charge in [-0.25, -0.2) is 5.32 Å². The minimum Gasteiger partial charge on any atom is -0.425 e. The lowest BCUT2D eigenvalue weighted by atomic mass is 10.3. The van der Waals surface area contributed by atoms with E-state index in [0.717, 1.165) is 0 Å². The second kappa shape index (κ2) is 6.80. The first-order chi connectivity index (χ1) is 9.70. The van der Waals surface area contributed by atoms with Gasteiger partial charge in [0, 0.05) is 0 Å². The van der Waals surface area contributed by atoms with Crippen LogP contribution in [-0.4, -0.2) is 6.02 Å². The van der Waals surface area contributed by atoms with Crippen molar-refractivity contribution in [2.75, 3.05) is 0 Å². The molecule has 0 aliphatic heterocycles. The number of hydrogen-bond donors (Lipinski definition) is 1. The molecule has 0 heterocycles. The minimum absolute atomic E-state index is 0.0165. The minimum atomic E-state index is 0.0165. The number of para-hydroxylation sites is 1. The van der Waals surface area contributed by atoms with Crippen LogP contribution in [0, 0.1) is 11.5 Å². The first-order valence-corrected chi connectivity index (χ1v) is 6.37. The van der Waals surface area contributed by atoms with E-state index >= 15 is 0 Å². The van der Waals surface area contributed by atoms with Crippen LogP contribution in [0.15, 0.2) is 53.5 Å². The molecule has 0 amide bonds. The van der Waals surface area contributed by atoms with Crippen LogP contribution in [0.1, 0.15) is 0 Å². The molecule has 0 aliphatic carbocycles. The highest BCUT2D eigenvalue weighted by Crippen LogP contribution is 2.31. The van der Waals surface area contributed by atoms with Crippen molar-refractivity contribution < 1.29 is 4.74 Å². The Balaban J connectivity index is 2.31. The summed E-state index contributed by atoms with van der Waals surface area (Å²) in [7, 11) is 0. The highest BCUT2D eigenvalue weighted by molar-refractivity contribution is 6.43. The molecular weight excluding hydrogens is 297 g/mol. The van der Waals surface area contributed by atoms with Crippen LogP contribution in [0.25, 0.3) is 0 Å². The monoisotopic (exact) mass is 305 g/mol. The smallest absolute Gasteiger partial charge is 0.309 e. The van der Waals surface area contributed by atoms with Gasteiger partial charge in [0.25, 0.3) is 0 Å². The molecule has 2 aromatic rings. The fourth-order valence-electron chi connectivity index (χ4n) is 1.41. The van der Waals surface area contributed by atoms with Gasteiger partial charge in [0.05, 0.1) is 15.7 Å². The van der Waals surface area contributed by atoms with E-state index in [-0.39, 0.29) is 6.02 Å². The summed E-state index contributed by atoms with van der Waals surface area (Å²) in [5, 5.41) is 11.8. The number of ether oxygens (including phenoxy) is 1.